The Labute approximate surface area is 110 Å². The summed E-state index contributed by atoms with van der Waals surface area (Å²) < 4.78 is 37.3. The highest BCUT2D eigenvalue weighted by Crippen LogP contribution is 2.43. The van der Waals surface area contributed by atoms with E-state index in [9.17, 15) is 18.0 Å². The van der Waals surface area contributed by atoms with Crippen LogP contribution in [0, 0.1) is 6.92 Å². The number of alkyl halides is 4. The molecule has 0 aliphatic rings. The van der Waals surface area contributed by atoms with Gasteiger partial charge in [-0.2, -0.15) is 13.2 Å². The van der Waals surface area contributed by atoms with Crippen LogP contribution in [0.1, 0.15) is 22.9 Å². The van der Waals surface area contributed by atoms with E-state index in [0.717, 1.165) is 0 Å². The molecule has 0 heterocycles. The first-order chi connectivity index (χ1) is 7.72. The minimum atomic E-state index is -4.36. The third-order valence-electron chi connectivity index (χ3n) is 2.09. The lowest BCUT2D eigenvalue weighted by atomic mass is 10.1. The number of hydrogen-bond acceptors (Lipinski definition) is 2. The van der Waals surface area contributed by atoms with Crippen molar-refractivity contribution in [3.8, 4) is 0 Å². The molecule has 0 amide bonds. The Morgan fingerprint density at radius 3 is 2.47 bits per heavy atom. The van der Waals surface area contributed by atoms with Crippen molar-refractivity contribution in [1.29, 1.82) is 0 Å². The molecule has 0 spiro atoms. The first kappa shape index (κ1) is 14.6. The molecule has 1 nitrogen and oxygen atoms in total. The minimum Gasteiger partial charge on any atom is -0.298 e. The molecule has 0 aliphatic heterocycles. The summed E-state index contributed by atoms with van der Waals surface area (Å²) in [6.45, 7) is 2.93. The number of thioether (sulfide) groups is 1. The van der Waals surface area contributed by atoms with Gasteiger partial charge in [-0.25, -0.2) is 0 Å². The zero-order valence-corrected chi connectivity index (χ0v) is 11.5. The van der Waals surface area contributed by atoms with Crippen molar-refractivity contribution in [2.24, 2.45) is 0 Å². The quantitative estimate of drug-likeness (QED) is 0.595. The van der Waals surface area contributed by atoms with Gasteiger partial charge in [0, 0.05) is 4.90 Å². The number of halogens is 4. The SMILES string of the molecule is CC(=O)C(Br)c1cccc(C)c1SC(F)(F)F. The number of carbonyl (C=O) groups excluding carboxylic acids is 1. The van der Waals surface area contributed by atoms with E-state index in [2.05, 4.69) is 15.9 Å². The Balaban J connectivity index is 3.22. The fourth-order valence-electron chi connectivity index (χ4n) is 1.35. The highest BCUT2D eigenvalue weighted by atomic mass is 79.9. The van der Waals surface area contributed by atoms with Crippen LogP contribution in [-0.4, -0.2) is 11.3 Å². The number of aryl methyl sites for hydroxylation is 1. The molecular formula is C11H10BrF3OS. The van der Waals surface area contributed by atoms with Gasteiger partial charge >= 0.3 is 5.51 Å². The smallest absolute Gasteiger partial charge is 0.298 e. The van der Waals surface area contributed by atoms with E-state index in [4.69, 9.17) is 0 Å². The van der Waals surface area contributed by atoms with E-state index in [1.807, 2.05) is 0 Å². The number of ketones is 1. The Bertz CT molecular complexity index is 431. The molecular weight excluding hydrogens is 317 g/mol. The normalized spacial score (nSPS) is 13.5. The van der Waals surface area contributed by atoms with Crippen LogP contribution in [0.3, 0.4) is 0 Å². The summed E-state index contributed by atoms with van der Waals surface area (Å²) in [5.74, 6) is -0.223. The lowest BCUT2D eigenvalue weighted by Crippen LogP contribution is -2.07. The largest absolute Gasteiger partial charge is 0.446 e. The zero-order valence-electron chi connectivity index (χ0n) is 9.14. The van der Waals surface area contributed by atoms with E-state index in [0.29, 0.717) is 11.1 Å². The molecule has 0 aromatic heterocycles. The molecule has 6 heteroatoms. The molecule has 0 bridgehead atoms. The fraction of sp³-hybridized carbons (Fsp3) is 0.364. The predicted molar refractivity (Wildman–Crippen MR) is 65.4 cm³/mol. The fourth-order valence-corrected chi connectivity index (χ4v) is 2.65. The second kappa shape index (κ2) is 5.44. The van der Waals surface area contributed by atoms with E-state index in [1.54, 1.807) is 19.1 Å². The van der Waals surface area contributed by atoms with Crippen LogP contribution in [0.4, 0.5) is 13.2 Å². The van der Waals surface area contributed by atoms with Crippen molar-refractivity contribution in [3.05, 3.63) is 29.3 Å². The van der Waals surface area contributed by atoms with Gasteiger partial charge in [0.25, 0.3) is 0 Å². The number of benzene rings is 1. The van der Waals surface area contributed by atoms with Gasteiger partial charge in [-0.05, 0) is 36.7 Å². The Hall–Kier alpha value is -0.490. The van der Waals surface area contributed by atoms with Crippen molar-refractivity contribution in [2.45, 2.75) is 29.1 Å². The van der Waals surface area contributed by atoms with Gasteiger partial charge in [-0.1, -0.05) is 34.1 Å². The van der Waals surface area contributed by atoms with Crippen LogP contribution in [0.15, 0.2) is 23.1 Å². The van der Waals surface area contributed by atoms with Crippen molar-refractivity contribution in [2.75, 3.05) is 0 Å². The van der Waals surface area contributed by atoms with Crippen LogP contribution < -0.4 is 0 Å². The average molecular weight is 327 g/mol. The number of hydrogen-bond donors (Lipinski definition) is 0. The predicted octanol–water partition coefficient (Wildman–Crippen LogP) is 4.63. The maximum atomic E-state index is 12.4. The van der Waals surface area contributed by atoms with Gasteiger partial charge in [0.05, 0.1) is 4.83 Å². The average Bonchev–Trinajstić information content (AvgIpc) is 2.18. The Morgan fingerprint density at radius 2 is 2.00 bits per heavy atom. The molecule has 0 saturated heterocycles. The van der Waals surface area contributed by atoms with Crippen LogP contribution in [-0.2, 0) is 4.79 Å². The van der Waals surface area contributed by atoms with Gasteiger partial charge < -0.3 is 0 Å². The molecule has 94 valence electrons. The maximum absolute atomic E-state index is 12.4. The molecule has 0 N–H and O–H groups in total. The van der Waals surface area contributed by atoms with Crippen molar-refractivity contribution in [1.82, 2.24) is 0 Å². The standard InChI is InChI=1S/C11H10BrF3OS/c1-6-4-3-5-8(9(12)7(2)16)10(6)17-11(13,14)15/h3-5,9H,1-2H3. The summed E-state index contributed by atoms with van der Waals surface area (Å²) in [6, 6.07) is 4.77. The Morgan fingerprint density at radius 1 is 1.41 bits per heavy atom. The van der Waals surface area contributed by atoms with Gasteiger partial charge in [0.15, 0.2) is 0 Å². The van der Waals surface area contributed by atoms with E-state index in [-0.39, 0.29) is 22.4 Å². The van der Waals surface area contributed by atoms with Crippen molar-refractivity contribution in [3.63, 3.8) is 0 Å². The third-order valence-corrected chi connectivity index (χ3v) is 4.22. The summed E-state index contributed by atoms with van der Waals surface area (Å²) in [7, 11) is 0. The van der Waals surface area contributed by atoms with Crippen LogP contribution >= 0.6 is 27.7 Å². The molecule has 0 radical (unpaired) electrons. The third kappa shape index (κ3) is 4.03. The van der Waals surface area contributed by atoms with E-state index < -0.39 is 10.3 Å². The number of carbonyl (C=O) groups is 1. The van der Waals surface area contributed by atoms with Gasteiger partial charge in [-0.15, -0.1) is 0 Å². The van der Waals surface area contributed by atoms with E-state index in [1.165, 1.54) is 13.0 Å². The first-order valence-electron chi connectivity index (χ1n) is 4.72. The van der Waals surface area contributed by atoms with Crippen molar-refractivity contribution >= 4 is 33.5 Å². The monoisotopic (exact) mass is 326 g/mol. The molecule has 1 aromatic carbocycles. The molecule has 17 heavy (non-hydrogen) atoms. The first-order valence-corrected chi connectivity index (χ1v) is 6.45. The van der Waals surface area contributed by atoms with Gasteiger partial charge in [-0.3, -0.25) is 4.79 Å². The molecule has 1 aromatic rings. The highest BCUT2D eigenvalue weighted by molar-refractivity contribution is 9.09. The van der Waals surface area contributed by atoms with Crippen LogP contribution in [0.25, 0.3) is 0 Å². The van der Waals surface area contributed by atoms with Crippen molar-refractivity contribution < 1.29 is 18.0 Å². The number of Topliss-reactive ketones (excluding diaryl/α,β-unsaturated/α-hetero) is 1. The highest BCUT2D eigenvalue weighted by Gasteiger charge is 2.32. The molecule has 1 rings (SSSR count). The zero-order chi connectivity index (χ0) is 13.2. The molecule has 0 saturated carbocycles. The minimum absolute atomic E-state index is 0.0945. The number of rotatable bonds is 3. The molecule has 0 aliphatic carbocycles. The second-order valence-electron chi connectivity index (χ2n) is 3.51. The second-order valence-corrected chi connectivity index (χ2v) is 5.51. The summed E-state index contributed by atoms with van der Waals surface area (Å²) in [6.07, 6.45) is 0. The maximum Gasteiger partial charge on any atom is 0.446 e. The topological polar surface area (TPSA) is 17.1 Å². The lowest BCUT2D eigenvalue weighted by molar-refractivity contribution is -0.116. The van der Waals surface area contributed by atoms with Gasteiger partial charge in [0.2, 0.25) is 0 Å². The summed E-state index contributed by atoms with van der Waals surface area (Å²) in [5, 5.41) is 0. The lowest BCUT2D eigenvalue weighted by Gasteiger charge is -2.16. The van der Waals surface area contributed by atoms with E-state index >= 15 is 0 Å². The van der Waals surface area contributed by atoms with Crippen LogP contribution in [0.5, 0.6) is 0 Å². The molecule has 1 unspecified atom stereocenters. The summed E-state index contributed by atoms with van der Waals surface area (Å²) in [5.41, 5.74) is -3.49. The summed E-state index contributed by atoms with van der Waals surface area (Å²) in [4.78, 5) is 10.6. The summed E-state index contributed by atoms with van der Waals surface area (Å²) >= 11 is 2.93. The Kier molecular flexibility index (Phi) is 4.66. The van der Waals surface area contributed by atoms with Gasteiger partial charge in [0.1, 0.15) is 5.78 Å². The van der Waals surface area contributed by atoms with Crippen LogP contribution in [0.2, 0.25) is 0 Å². The molecule has 0 fully saturated rings. The molecule has 1 atom stereocenters.